The first kappa shape index (κ1) is 32.6. The van der Waals surface area contributed by atoms with Crippen molar-refractivity contribution >= 4 is 5.91 Å². The van der Waals surface area contributed by atoms with Crippen LogP contribution in [-0.4, -0.2) is 54.1 Å². The molecule has 1 atom stereocenters. The van der Waals surface area contributed by atoms with Crippen molar-refractivity contribution < 1.29 is 50.8 Å². The van der Waals surface area contributed by atoms with Gasteiger partial charge in [-0.1, -0.05) is 12.1 Å². The molecule has 0 aliphatic carbocycles. The highest BCUT2D eigenvalue weighted by Crippen LogP contribution is 2.40. The number of rotatable bonds is 10. The first-order valence-electron chi connectivity index (χ1n) is 12.4. The maximum atomic E-state index is 14.4. The van der Waals surface area contributed by atoms with Gasteiger partial charge in [0.1, 0.15) is 6.61 Å². The predicted molar refractivity (Wildman–Crippen MR) is 140 cm³/mol. The van der Waals surface area contributed by atoms with E-state index in [1.807, 2.05) is 0 Å². The van der Waals surface area contributed by atoms with E-state index in [0.717, 1.165) is 30.3 Å². The summed E-state index contributed by atoms with van der Waals surface area (Å²) in [5, 5.41) is 22.0. The maximum absolute atomic E-state index is 14.4. The summed E-state index contributed by atoms with van der Waals surface area (Å²) >= 11 is 0. The molecule has 1 heterocycles. The van der Waals surface area contributed by atoms with Gasteiger partial charge in [-0.25, -0.2) is 4.98 Å². The number of nitrogens with zero attached hydrogens (tertiary/aromatic N) is 1. The Morgan fingerprint density at radius 3 is 2.12 bits per heavy atom. The lowest BCUT2D eigenvalue weighted by Crippen LogP contribution is -2.51. The molecule has 1 unspecified atom stereocenters. The topological polar surface area (TPSA) is 127 Å². The fourth-order valence-electron chi connectivity index (χ4n) is 3.82. The lowest BCUT2D eigenvalue weighted by molar-refractivity contribution is -0.265. The van der Waals surface area contributed by atoms with Crippen LogP contribution in [0.4, 0.5) is 26.3 Å². The third-order valence-electron chi connectivity index (χ3n) is 6.25. The highest BCUT2D eigenvalue weighted by molar-refractivity contribution is 5.95. The largest absolute Gasteiger partial charge is 0.493 e. The lowest BCUT2D eigenvalue weighted by atomic mass is 9.89. The number of pyridine rings is 1. The number of amides is 1. The number of nitrogens with two attached hydrogens (primary N) is 1. The van der Waals surface area contributed by atoms with E-state index in [0.29, 0.717) is 0 Å². The summed E-state index contributed by atoms with van der Waals surface area (Å²) in [6.45, 7) is 1.24. The van der Waals surface area contributed by atoms with Gasteiger partial charge < -0.3 is 30.7 Å². The molecule has 0 saturated heterocycles. The smallest absolute Gasteiger partial charge is 0.424 e. The molecule has 2 aromatic carbocycles. The minimum absolute atomic E-state index is 0.0412. The number of aliphatic hydroxyl groups excluding tert-OH is 1. The second-order valence-electron chi connectivity index (χ2n) is 9.90. The number of hydrogen-bond acceptors (Lipinski definition) is 7. The van der Waals surface area contributed by atoms with Gasteiger partial charge in [0.15, 0.2) is 11.5 Å². The number of halogens is 6. The van der Waals surface area contributed by atoms with Crippen LogP contribution >= 0.6 is 0 Å². The van der Waals surface area contributed by atoms with Crippen molar-refractivity contribution in [2.24, 2.45) is 5.73 Å². The van der Waals surface area contributed by atoms with Crippen LogP contribution in [0.1, 0.15) is 41.0 Å². The van der Waals surface area contributed by atoms with Crippen LogP contribution in [0.15, 0.2) is 54.6 Å². The third kappa shape index (κ3) is 7.30. The van der Waals surface area contributed by atoms with Crippen LogP contribution in [0.3, 0.4) is 0 Å². The molecule has 0 aliphatic rings. The number of aromatic nitrogens is 1. The number of carbonyl (C=O) groups excluding carboxylic acids is 1. The fraction of sp³-hybridized carbons (Fsp3) is 0.357. The SMILES string of the molecule is COc1cc(C(=O)NCC(O)(c2cc(C(C)(C)N)cc(-c3ccc(C(F)(F)F)cc3)n2)C(F)(F)F)ccc1OCCO. The van der Waals surface area contributed by atoms with Crippen molar-refractivity contribution in [1.82, 2.24) is 10.3 Å². The molecule has 1 amide bonds. The molecule has 228 valence electrons. The van der Waals surface area contributed by atoms with Gasteiger partial charge in [0.25, 0.3) is 5.91 Å². The standard InChI is InChI=1S/C28H29F6N3O5/c1-25(2,35)19-13-20(16-4-7-18(8-5-16)27(29,30)31)37-23(14-19)26(40,28(32,33)34)15-36-24(39)17-6-9-21(42-11-10-38)22(12-17)41-3/h4-9,12-14,38,40H,10-11,15,35H2,1-3H3,(H,36,39). The van der Waals surface area contributed by atoms with Gasteiger partial charge in [-0.15, -0.1) is 0 Å². The van der Waals surface area contributed by atoms with Crippen molar-refractivity contribution in [1.29, 1.82) is 0 Å². The molecule has 0 radical (unpaired) electrons. The van der Waals surface area contributed by atoms with E-state index in [4.69, 9.17) is 20.3 Å². The summed E-state index contributed by atoms with van der Waals surface area (Å²) in [6, 6.07) is 9.60. The third-order valence-corrected chi connectivity index (χ3v) is 6.25. The zero-order chi connectivity index (χ0) is 31.5. The van der Waals surface area contributed by atoms with Gasteiger partial charge >= 0.3 is 12.4 Å². The van der Waals surface area contributed by atoms with Crippen molar-refractivity contribution in [3.05, 3.63) is 77.0 Å². The van der Waals surface area contributed by atoms with E-state index in [-0.39, 0.29) is 47.1 Å². The first-order chi connectivity index (χ1) is 19.4. The quantitative estimate of drug-likeness (QED) is 0.252. The number of benzene rings is 2. The van der Waals surface area contributed by atoms with Gasteiger partial charge in [-0.05, 0) is 61.9 Å². The minimum Gasteiger partial charge on any atom is -0.493 e. The monoisotopic (exact) mass is 601 g/mol. The number of alkyl halides is 6. The number of carbonyl (C=O) groups is 1. The van der Waals surface area contributed by atoms with Gasteiger partial charge in [0.05, 0.1) is 37.2 Å². The Morgan fingerprint density at radius 1 is 0.952 bits per heavy atom. The summed E-state index contributed by atoms with van der Waals surface area (Å²) in [5.41, 5.74) is -0.894. The van der Waals surface area contributed by atoms with Crippen LogP contribution < -0.4 is 20.5 Å². The summed E-state index contributed by atoms with van der Waals surface area (Å²) in [7, 11) is 1.27. The second-order valence-corrected chi connectivity index (χ2v) is 9.90. The Labute approximate surface area is 237 Å². The molecule has 0 fully saturated rings. The number of nitrogens with one attached hydrogen (secondary N) is 1. The van der Waals surface area contributed by atoms with Crippen molar-refractivity contribution in [3.63, 3.8) is 0 Å². The van der Waals surface area contributed by atoms with Crippen molar-refractivity contribution in [2.45, 2.75) is 37.3 Å². The number of ether oxygens (including phenoxy) is 2. The molecule has 3 rings (SSSR count). The number of hydrogen-bond donors (Lipinski definition) is 4. The van der Waals surface area contributed by atoms with Gasteiger partial charge in [-0.3, -0.25) is 4.79 Å². The molecule has 1 aromatic heterocycles. The van der Waals surface area contributed by atoms with Crippen molar-refractivity contribution in [3.8, 4) is 22.8 Å². The van der Waals surface area contributed by atoms with Crippen LogP contribution in [0.25, 0.3) is 11.3 Å². The molecule has 14 heteroatoms. The molecular formula is C28H29F6N3O5. The summed E-state index contributed by atoms with van der Waals surface area (Å²) in [5.74, 6) is -0.748. The average molecular weight is 602 g/mol. The summed E-state index contributed by atoms with van der Waals surface area (Å²) in [4.78, 5) is 16.8. The molecule has 0 saturated carbocycles. The molecule has 0 bridgehead atoms. The average Bonchev–Trinajstić information content (AvgIpc) is 2.92. The van der Waals surface area contributed by atoms with Crippen LogP contribution in [0.2, 0.25) is 0 Å². The number of methoxy groups -OCH3 is 1. The second kappa shape index (κ2) is 12.2. The predicted octanol–water partition coefficient (Wildman–Crippen LogP) is 4.52. The molecule has 3 aromatic rings. The van der Waals surface area contributed by atoms with E-state index >= 15 is 0 Å². The Hall–Kier alpha value is -3.88. The molecule has 5 N–H and O–H groups in total. The van der Waals surface area contributed by atoms with Crippen LogP contribution in [-0.2, 0) is 17.3 Å². The van der Waals surface area contributed by atoms with Crippen LogP contribution in [0.5, 0.6) is 11.5 Å². The summed E-state index contributed by atoms with van der Waals surface area (Å²) in [6.07, 6.45) is -9.99. The zero-order valence-electron chi connectivity index (χ0n) is 22.7. The number of aliphatic hydroxyl groups is 2. The Morgan fingerprint density at radius 2 is 1.60 bits per heavy atom. The normalized spacial score (nSPS) is 13.8. The zero-order valence-corrected chi connectivity index (χ0v) is 22.7. The Balaban J connectivity index is 2.02. The molecule has 42 heavy (non-hydrogen) atoms. The highest BCUT2D eigenvalue weighted by atomic mass is 19.4. The molecule has 0 spiro atoms. The maximum Gasteiger partial charge on any atom is 0.424 e. The minimum atomic E-state index is -5.36. The Bertz CT molecular complexity index is 1410. The summed E-state index contributed by atoms with van der Waals surface area (Å²) < 4.78 is 92.8. The fourth-order valence-corrected chi connectivity index (χ4v) is 3.82. The molecular weight excluding hydrogens is 572 g/mol. The van der Waals surface area contributed by atoms with Gasteiger partial charge in [0, 0.05) is 16.7 Å². The van der Waals surface area contributed by atoms with E-state index in [1.54, 1.807) is 0 Å². The Kier molecular flexibility index (Phi) is 9.44. The lowest BCUT2D eigenvalue weighted by Gasteiger charge is -2.32. The molecule has 8 nitrogen and oxygen atoms in total. The van der Waals surface area contributed by atoms with Crippen molar-refractivity contribution in [2.75, 3.05) is 26.9 Å². The van der Waals surface area contributed by atoms with Crippen LogP contribution in [0, 0.1) is 0 Å². The first-order valence-corrected chi connectivity index (χ1v) is 12.4. The van der Waals surface area contributed by atoms with E-state index in [2.05, 4.69) is 10.3 Å². The van der Waals surface area contributed by atoms with E-state index < -0.39 is 47.2 Å². The van der Waals surface area contributed by atoms with Gasteiger partial charge in [-0.2, -0.15) is 26.3 Å². The van der Waals surface area contributed by atoms with E-state index in [9.17, 15) is 36.2 Å². The van der Waals surface area contributed by atoms with Gasteiger partial charge in [0.2, 0.25) is 5.60 Å². The highest BCUT2D eigenvalue weighted by Gasteiger charge is 2.56. The molecule has 0 aliphatic heterocycles. The van der Waals surface area contributed by atoms with E-state index in [1.165, 1.54) is 45.2 Å².